The van der Waals surface area contributed by atoms with Crippen LogP contribution in [0.5, 0.6) is 0 Å². The zero-order chi connectivity index (χ0) is 19.3. The highest BCUT2D eigenvalue weighted by molar-refractivity contribution is 6.43. The fourth-order valence-electron chi connectivity index (χ4n) is 5.58. The number of unbranched alkanes of at least 4 members (excludes halogenated alkanes) is 1. The van der Waals surface area contributed by atoms with E-state index in [1.807, 2.05) is 12.1 Å². The molecule has 2 atom stereocenters. The first-order valence-corrected chi connectivity index (χ1v) is 11.5. The lowest BCUT2D eigenvalue weighted by molar-refractivity contribution is 0.191. The van der Waals surface area contributed by atoms with E-state index in [1.54, 1.807) is 11.3 Å². The van der Waals surface area contributed by atoms with Crippen LogP contribution in [-0.4, -0.2) is 37.1 Å². The molecule has 28 heavy (non-hydrogen) atoms. The summed E-state index contributed by atoms with van der Waals surface area (Å²) >= 11 is 12.9. The molecule has 3 aliphatic rings. The molecule has 0 saturated carbocycles. The highest BCUT2D eigenvalue weighted by Crippen LogP contribution is 2.50. The summed E-state index contributed by atoms with van der Waals surface area (Å²) in [5, 5.41) is 1.31. The van der Waals surface area contributed by atoms with Crippen LogP contribution in [0.25, 0.3) is 11.1 Å². The summed E-state index contributed by atoms with van der Waals surface area (Å²) < 4.78 is 0. The van der Waals surface area contributed by atoms with Gasteiger partial charge in [0.1, 0.15) is 0 Å². The van der Waals surface area contributed by atoms with Gasteiger partial charge in [0.25, 0.3) is 0 Å². The highest BCUT2D eigenvalue weighted by Gasteiger charge is 2.43. The molecular formula is C24H28Cl2N2. The topological polar surface area (TPSA) is 6.48 Å². The number of nitrogens with zero attached hydrogens (tertiary/aromatic N) is 2. The lowest BCUT2D eigenvalue weighted by atomic mass is 9.86. The normalized spacial score (nSPS) is 23.6. The van der Waals surface area contributed by atoms with Crippen LogP contribution in [0.1, 0.15) is 49.7 Å². The van der Waals surface area contributed by atoms with Gasteiger partial charge in [-0.15, -0.1) is 0 Å². The quantitative estimate of drug-likeness (QED) is 0.571. The van der Waals surface area contributed by atoms with Gasteiger partial charge in [-0.1, -0.05) is 48.7 Å². The monoisotopic (exact) mass is 414 g/mol. The molecule has 0 aliphatic carbocycles. The Morgan fingerprint density at radius 3 is 2.89 bits per heavy atom. The fourth-order valence-corrected chi connectivity index (χ4v) is 5.99. The van der Waals surface area contributed by atoms with Crippen molar-refractivity contribution < 1.29 is 0 Å². The van der Waals surface area contributed by atoms with E-state index in [9.17, 15) is 0 Å². The number of hydrogen-bond acceptors (Lipinski definition) is 2. The summed E-state index contributed by atoms with van der Waals surface area (Å²) in [5.74, 6) is 0.621. The predicted molar refractivity (Wildman–Crippen MR) is 120 cm³/mol. The summed E-state index contributed by atoms with van der Waals surface area (Å²) in [6.45, 7) is 7.18. The van der Waals surface area contributed by atoms with E-state index < -0.39 is 0 Å². The lowest BCUT2D eigenvalue weighted by Gasteiger charge is -2.40. The Morgan fingerprint density at radius 1 is 1.14 bits per heavy atom. The first-order chi connectivity index (χ1) is 13.7. The van der Waals surface area contributed by atoms with Gasteiger partial charge in [0.05, 0.1) is 10.0 Å². The van der Waals surface area contributed by atoms with E-state index in [-0.39, 0.29) is 0 Å². The Bertz CT molecular complexity index is 894. The largest absolute Gasteiger partial charge is 0.367 e. The van der Waals surface area contributed by atoms with Crippen molar-refractivity contribution in [3.63, 3.8) is 0 Å². The van der Waals surface area contributed by atoms with Crippen LogP contribution in [0, 0.1) is 0 Å². The van der Waals surface area contributed by atoms with Gasteiger partial charge < -0.3 is 9.80 Å². The number of benzene rings is 2. The smallest absolute Gasteiger partial charge is 0.0670 e. The number of hydrogen-bond donors (Lipinski definition) is 0. The van der Waals surface area contributed by atoms with Crippen LogP contribution in [0.3, 0.4) is 0 Å². The SMILES string of the molecule is CCCCN1CC[C@@H]2[C@H](C1)c1cc(-c3cccc(Cl)c3Cl)cc3c1N2CCC3. The number of aryl methyl sites for hydroxylation is 1. The minimum absolute atomic E-state index is 0.621. The average molecular weight is 415 g/mol. The Labute approximate surface area is 178 Å². The molecule has 5 rings (SSSR count). The molecule has 3 heterocycles. The van der Waals surface area contributed by atoms with Crippen molar-refractivity contribution in [3.8, 4) is 11.1 Å². The van der Waals surface area contributed by atoms with Crippen LogP contribution in [0.4, 0.5) is 5.69 Å². The van der Waals surface area contributed by atoms with Crippen molar-refractivity contribution in [2.75, 3.05) is 31.1 Å². The van der Waals surface area contributed by atoms with Gasteiger partial charge in [-0.25, -0.2) is 0 Å². The maximum absolute atomic E-state index is 6.58. The Balaban J connectivity index is 1.57. The zero-order valence-corrected chi connectivity index (χ0v) is 18.1. The maximum atomic E-state index is 6.58. The summed E-state index contributed by atoms with van der Waals surface area (Å²) in [4.78, 5) is 5.42. The van der Waals surface area contributed by atoms with Gasteiger partial charge in [-0.3, -0.25) is 0 Å². The van der Waals surface area contributed by atoms with E-state index in [0.29, 0.717) is 22.0 Å². The first kappa shape index (κ1) is 18.8. The van der Waals surface area contributed by atoms with Crippen LogP contribution in [0.15, 0.2) is 30.3 Å². The molecular weight excluding hydrogens is 387 g/mol. The highest BCUT2D eigenvalue weighted by atomic mass is 35.5. The Hall–Kier alpha value is -1.22. The third kappa shape index (κ3) is 3.05. The molecule has 4 heteroatoms. The molecule has 0 unspecified atom stereocenters. The van der Waals surface area contributed by atoms with E-state index in [1.165, 1.54) is 69.4 Å². The minimum Gasteiger partial charge on any atom is -0.367 e. The molecule has 3 aliphatic heterocycles. The maximum Gasteiger partial charge on any atom is 0.0670 e. The van der Waals surface area contributed by atoms with Crippen molar-refractivity contribution in [1.29, 1.82) is 0 Å². The van der Waals surface area contributed by atoms with Crippen LogP contribution < -0.4 is 4.90 Å². The van der Waals surface area contributed by atoms with Gasteiger partial charge in [-0.05, 0) is 67.1 Å². The number of rotatable bonds is 4. The lowest BCUT2D eigenvalue weighted by Crippen LogP contribution is -2.47. The molecule has 148 valence electrons. The molecule has 0 spiro atoms. The van der Waals surface area contributed by atoms with Gasteiger partial charge in [0, 0.05) is 42.8 Å². The van der Waals surface area contributed by atoms with Crippen LogP contribution >= 0.6 is 23.2 Å². The molecule has 2 aromatic carbocycles. The predicted octanol–water partition coefficient (Wildman–Crippen LogP) is 6.38. The number of likely N-dealkylation sites (tertiary alicyclic amines) is 1. The van der Waals surface area contributed by atoms with E-state index in [2.05, 4.69) is 34.9 Å². The molecule has 1 saturated heterocycles. The van der Waals surface area contributed by atoms with Crippen LogP contribution in [-0.2, 0) is 6.42 Å². The average Bonchev–Trinajstić information content (AvgIpc) is 3.03. The summed E-state index contributed by atoms with van der Waals surface area (Å²) in [7, 11) is 0. The summed E-state index contributed by atoms with van der Waals surface area (Å²) in [5.41, 5.74) is 6.89. The van der Waals surface area contributed by atoms with Gasteiger partial charge in [0.2, 0.25) is 0 Å². The molecule has 0 radical (unpaired) electrons. The van der Waals surface area contributed by atoms with Crippen molar-refractivity contribution >= 4 is 28.9 Å². The second-order valence-corrected chi connectivity index (χ2v) is 9.37. The van der Waals surface area contributed by atoms with Crippen molar-refractivity contribution in [2.45, 2.75) is 51.0 Å². The number of anilines is 1. The Kier molecular flexibility index (Phi) is 5.07. The molecule has 0 amide bonds. The second kappa shape index (κ2) is 7.55. The molecule has 0 aromatic heterocycles. The molecule has 2 aromatic rings. The zero-order valence-electron chi connectivity index (χ0n) is 16.6. The second-order valence-electron chi connectivity index (χ2n) is 8.59. The molecule has 0 N–H and O–H groups in total. The molecule has 1 fully saturated rings. The number of halogens is 2. The van der Waals surface area contributed by atoms with E-state index >= 15 is 0 Å². The van der Waals surface area contributed by atoms with Crippen LogP contribution in [0.2, 0.25) is 10.0 Å². The van der Waals surface area contributed by atoms with Crippen molar-refractivity contribution in [3.05, 3.63) is 51.5 Å². The van der Waals surface area contributed by atoms with E-state index in [0.717, 1.165) is 5.56 Å². The molecule has 0 bridgehead atoms. The Morgan fingerprint density at radius 2 is 2.04 bits per heavy atom. The third-order valence-corrected chi connectivity index (χ3v) is 7.72. The number of fused-ring (bicyclic) bond motifs is 3. The summed E-state index contributed by atoms with van der Waals surface area (Å²) in [6.07, 6.45) is 6.29. The van der Waals surface area contributed by atoms with Gasteiger partial charge in [-0.2, -0.15) is 0 Å². The third-order valence-electron chi connectivity index (χ3n) is 6.90. The fraction of sp³-hybridized carbons (Fsp3) is 0.500. The van der Waals surface area contributed by atoms with Crippen molar-refractivity contribution in [2.24, 2.45) is 0 Å². The van der Waals surface area contributed by atoms with Gasteiger partial charge >= 0.3 is 0 Å². The van der Waals surface area contributed by atoms with Gasteiger partial charge in [0.15, 0.2) is 0 Å². The number of piperidine rings is 1. The summed E-state index contributed by atoms with van der Waals surface area (Å²) in [6, 6.07) is 11.4. The minimum atomic E-state index is 0.621. The first-order valence-electron chi connectivity index (χ1n) is 10.8. The van der Waals surface area contributed by atoms with Crippen molar-refractivity contribution in [1.82, 2.24) is 4.90 Å². The standard InChI is InChI=1S/C24H28Cl2N2/c1-2-3-10-27-12-9-22-20(15-27)19-14-17(18-7-4-8-21(25)23(18)26)13-16-6-5-11-28(22)24(16)19/h4,7-8,13-14,20,22H,2-3,5-6,9-12,15H2,1H3/t20-,22-/m1/s1. The van der Waals surface area contributed by atoms with E-state index in [4.69, 9.17) is 23.2 Å². The molecule has 2 nitrogen and oxygen atoms in total.